The Labute approximate surface area is 161 Å². The normalized spacial score (nSPS) is 11.1. The predicted molar refractivity (Wildman–Crippen MR) is 103 cm³/mol. The average Bonchev–Trinajstić information content (AvgIpc) is 3.00. The number of rotatable bonds is 7. The zero-order chi connectivity index (χ0) is 19.4. The van der Waals surface area contributed by atoms with E-state index in [2.05, 4.69) is 23.8 Å². The number of hydrogen-bond donors (Lipinski definition) is 1. The Kier molecular flexibility index (Phi) is 5.88. The van der Waals surface area contributed by atoms with Crippen LogP contribution in [0.25, 0.3) is 0 Å². The van der Waals surface area contributed by atoms with Crippen LogP contribution >= 0.6 is 11.8 Å². The van der Waals surface area contributed by atoms with Crippen LogP contribution < -0.4 is 0 Å². The van der Waals surface area contributed by atoms with Crippen LogP contribution in [-0.4, -0.2) is 24.6 Å². The molecule has 8 heteroatoms. The van der Waals surface area contributed by atoms with Gasteiger partial charge in [0.05, 0.1) is 10.6 Å². The number of aliphatic hydroxyl groups excluding tert-OH is 1. The lowest BCUT2D eigenvalue weighted by molar-refractivity contribution is -0.385. The molecule has 2 aromatic heterocycles. The molecular weight excluding hydrogens is 364 g/mol. The maximum Gasteiger partial charge on any atom is 0.270 e. The van der Waals surface area contributed by atoms with Crippen LogP contribution in [0.2, 0.25) is 0 Å². The van der Waals surface area contributed by atoms with E-state index in [0.717, 1.165) is 21.2 Å². The highest BCUT2D eigenvalue weighted by Gasteiger charge is 2.21. The summed E-state index contributed by atoms with van der Waals surface area (Å²) in [6.07, 6.45) is 3.47. The monoisotopic (exact) mass is 384 g/mol. The zero-order valence-electron chi connectivity index (χ0n) is 15.1. The van der Waals surface area contributed by atoms with Gasteiger partial charge in [-0.2, -0.15) is 0 Å². The van der Waals surface area contributed by atoms with Crippen molar-refractivity contribution in [3.05, 3.63) is 76.0 Å². The molecule has 7 nitrogen and oxygen atoms in total. The lowest BCUT2D eigenvalue weighted by atomic mass is 10.1. The van der Waals surface area contributed by atoms with Crippen molar-refractivity contribution >= 4 is 17.4 Å². The van der Waals surface area contributed by atoms with Crippen molar-refractivity contribution < 1.29 is 10.0 Å². The minimum Gasteiger partial charge on any atom is -0.388 e. The third-order valence-corrected chi connectivity index (χ3v) is 5.06. The summed E-state index contributed by atoms with van der Waals surface area (Å²) >= 11 is 1.38. The van der Waals surface area contributed by atoms with Crippen LogP contribution in [0.1, 0.15) is 36.8 Å². The minimum atomic E-state index is -0.408. The molecule has 1 N–H and O–H groups in total. The Morgan fingerprint density at radius 2 is 2.00 bits per heavy atom. The van der Waals surface area contributed by atoms with E-state index < -0.39 is 4.92 Å². The molecule has 0 aliphatic carbocycles. The lowest BCUT2D eigenvalue weighted by Crippen LogP contribution is -2.10. The Balaban J connectivity index is 2.00. The van der Waals surface area contributed by atoms with E-state index in [1.807, 2.05) is 22.8 Å². The van der Waals surface area contributed by atoms with Crippen LogP contribution in [0.3, 0.4) is 0 Å². The van der Waals surface area contributed by atoms with E-state index in [1.54, 1.807) is 18.5 Å². The SMILES string of the molecule is CC(C)c1c(Sc2cccc([N+](=O)[O-])c2)nc(CO)n1Cc1ccncc1. The number of aliphatic hydroxyl groups is 1. The molecule has 0 aliphatic heterocycles. The molecule has 0 unspecified atom stereocenters. The van der Waals surface area contributed by atoms with Gasteiger partial charge in [-0.25, -0.2) is 4.98 Å². The topological polar surface area (TPSA) is 94.1 Å². The van der Waals surface area contributed by atoms with E-state index in [4.69, 9.17) is 0 Å². The highest BCUT2D eigenvalue weighted by molar-refractivity contribution is 7.99. The van der Waals surface area contributed by atoms with Crippen molar-refractivity contribution in [1.82, 2.24) is 14.5 Å². The molecule has 0 bridgehead atoms. The van der Waals surface area contributed by atoms with Crippen LogP contribution in [0.4, 0.5) is 5.69 Å². The fraction of sp³-hybridized carbons (Fsp3) is 0.263. The minimum absolute atomic E-state index is 0.0460. The molecule has 0 saturated heterocycles. The van der Waals surface area contributed by atoms with Crippen LogP contribution in [0.15, 0.2) is 58.7 Å². The number of non-ortho nitro benzene ring substituents is 1. The predicted octanol–water partition coefficient (Wildman–Crippen LogP) is 4.00. The van der Waals surface area contributed by atoms with Gasteiger partial charge in [0.15, 0.2) is 0 Å². The summed E-state index contributed by atoms with van der Waals surface area (Å²) in [4.78, 5) is 20.0. The van der Waals surface area contributed by atoms with E-state index in [9.17, 15) is 15.2 Å². The van der Waals surface area contributed by atoms with Crippen LogP contribution in [0.5, 0.6) is 0 Å². The molecule has 0 atom stereocenters. The Morgan fingerprint density at radius 1 is 1.26 bits per heavy atom. The van der Waals surface area contributed by atoms with Gasteiger partial charge in [-0.05, 0) is 29.7 Å². The van der Waals surface area contributed by atoms with Crippen molar-refractivity contribution in [2.24, 2.45) is 0 Å². The van der Waals surface area contributed by atoms with Crippen molar-refractivity contribution in [2.45, 2.75) is 42.8 Å². The molecule has 27 heavy (non-hydrogen) atoms. The molecule has 0 fully saturated rings. The van der Waals surface area contributed by atoms with Crippen LogP contribution in [0, 0.1) is 10.1 Å². The summed E-state index contributed by atoms with van der Waals surface area (Å²) in [5, 5.41) is 21.6. The molecule has 0 amide bonds. The van der Waals surface area contributed by atoms with Gasteiger partial charge in [-0.3, -0.25) is 15.1 Å². The molecule has 3 rings (SSSR count). The quantitative estimate of drug-likeness (QED) is 0.489. The number of hydrogen-bond acceptors (Lipinski definition) is 6. The Bertz CT molecular complexity index is 941. The first kappa shape index (κ1) is 19.1. The number of aromatic nitrogens is 3. The van der Waals surface area contributed by atoms with Gasteiger partial charge in [-0.1, -0.05) is 31.7 Å². The van der Waals surface area contributed by atoms with Gasteiger partial charge < -0.3 is 9.67 Å². The first-order valence-electron chi connectivity index (χ1n) is 8.51. The van der Waals surface area contributed by atoms with Gasteiger partial charge in [0.25, 0.3) is 5.69 Å². The Morgan fingerprint density at radius 3 is 2.63 bits per heavy atom. The summed E-state index contributed by atoms with van der Waals surface area (Å²) in [5.41, 5.74) is 2.10. The second-order valence-corrected chi connectivity index (χ2v) is 7.39. The molecule has 2 heterocycles. The first-order valence-corrected chi connectivity index (χ1v) is 9.32. The van der Waals surface area contributed by atoms with Gasteiger partial charge in [-0.15, -0.1) is 0 Å². The molecule has 140 valence electrons. The zero-order valence-corrected chi connectivity index (χ0v) is 15.9. The van der Waals surface area contributed by atoms with Crippen molar-refractivity contribution in [3.8, 4) is 0 Å². The fourth-order valence-corrected chi connectivity index (χ4v) is 4.01. The number of nitro groups is 1. The molecular formula is C19H20N4O3S. The van der Waals surface area contributed by atoms with Gasteiger partial charge in [0.2, 0.25) is 0 Å². The fourth-order valence-electron chi connectivity index (χ4n) is 2.86. The number of benzene rings is 1. The maximum atomic E-state index is 11.0. The largest absolute Gasteiger partial charge is 0.388 e. The lowest BCUT2D eigenvalue weighted by Gasteiger charge is -2.14. The summed E-state index contributed by atoms with van der Waals surface area (Å²) in [5.74, 6) is 0.740. The van der Waals surface area contributed by atoms with E-state index in [0.29, 0.717) is 12.4 Å². The van der Waals surface area contributed by atoms with Crippen molar-refractivity contribution in [3.63, 3.8) is 0 Å². The van der Waals surface area contributed by atoms with Gasteiger partial charge >= 0.3 is 0 Å². The summed E-state index contributed by atoms with van der Waals surface area (Å²) in [6, 6.07) is 10.3. The average molecular weight is 384 g/mol. The van der Waals surface area contributed by atoms with Gasteiger partial charge in [0.1, 0.15) is 17.5 Å². The number of nitro benzene ring substituents is 1. The maximum absolute atomic E-state index is 11.0. The second-order valence-electron chi connectivity index (χ2n) is 6.33. The number of nitrogens with zero attached hydrogens (tertiary/aromatic N) is 4. The molecule has 0 aliphatic rings. The molecule has 3 aromatic rings. The van der Waals surface area contributed by atoms with E-state index >= 15 is 0 Å². The standard InChI is InChI=1S/C19H20N4O3S/c1-13(2)18-19(27-16-5-3-4-15(10-16)23(25)26)21-17(12-24)22(18)11-14-6-8-20-9-7-14/h3-10,13,24H,11-12H2,1-2H3. The van der Waals surface area contributed by atoms with E-state index in [1.165, 1.54) is 23.9 Å². The second kappa shape index (κ2) is 8.32. The van der Waals surface area contributed by atoms with Crippen molar-refractivity contribution in [2.75, 3.05) is 0 Å². The molecule has 0 spiro atoms. The first-order chi connectivity index (χ1) is 13.0. The van der Waals surface area contributed by atoms with Gasteiger partial charge in [0, 0.05) is 36.0 Å². The molecule has 0 saturated carbocycles. The summed E-state index contributed by atoms with van der Waals surface area (Å²) in [6.45, 7) is 4.53. The molecule has 1 aromatic carbocycles. The third-order valence-electron chi connectivity index (χ3n) is 4.07. The highest BCUT2D eigenvalue weighted by Crippen LogP contribution is 2.35. The smallest absolute Gasteiger partial charge is 0.270 e. The highest BCUT2D eigenvalue weighted by atomic mass is 32.2. The van der Waals surface area contributed by atoms with Crippen molar-refractivity contribution in [1.29, 1.82) is 0 Å². The number of imidazole rings is 1. The summed E-state index contributed by atoms with van der Waals surface area (Å²) in [7, 11) is 0. The summed E-state index contributed by atoms with van der Waals surface area (Å²) < 4.78 is 2.01. The molecule has 0 radical (unpaired) electrons. The van der Waals surface area contributed by atoms with Crippen LogP contribution in [-0.2, 0) is 13.2 Å². The van der Waals surface area contributed by atoms with E-state index in [-0.39, 0.29) is 18.2 Å². The Hall–Kier alpha value is -2.71. The number of pyridine rings is 1. The third kappa shape index (κ3) is 4.35.